The summed E-state index contributed by atoms with van der Waals surface area (Å²) in [5.74, 6) is -0.887. The molecule has 0 spiro atoms. The van der Waals surface area contributed by atoms with Gasteiger partial charge in [-0.3, -0.25) is 9.59 Å². The summed E-state index contributed by atoms with van der Waals surface area (Å²) in [5, 5.41) is 0. The summed E-state index contributed by atoms with van der Waals surface area (Å²) in [4.78, 5) is 22.8. The highest BCUT2D eigenvalue weighted by molar-refractivity contribution is 6.22. The highest BCUT2D eigenvalue weighted by Crippen LogP contribution is 2.24. The Morgan fingerprint density at radius 2 is 1.53 bits per heavy atom. The zero-order valence-electron chi connectivity index (χ0n) is 8.14. The molecule has 15 heavy (non-hydrogen) atoms. The molecule has 0 saturated heterocycles. The van der Waals surface area contributed by atoms with E-state index >= 15 is 0 Å². The maximum atomic E-state index is 11.4. The van der Waals surface area contributed by atoms with Crippen molar-refractivity contribution in [2.24, 2.45) is 0 Å². The van der Waals surface area contributed by atoms with Crippen LogP contribution >= 0.6 is 0 Å². The third-order valence-corrected chi connectivity index (χ3v) is 2.49. The quantitative estimate of drug-likeness (QED) is 0.682. The predicted octanol–water partition coefficient (Wildman–Crippen LogP) is 2.12. The molecule has 0 fully saturated rings. The van der Waals surface area contributed by atoms with Gasteiger partial charge in [-0.05, 0) is 23.3 Å². The summed E-state index contributed by atoms with van der Waals surface area (Å²) < 4.78 is 0. The SMILES string of the molecule is C=Cc1ccc(C2C(=O)C=CC2=O)cc1. The van der Waals surface area contributed by atoms with Crippen molar-refractivity contribution in [3.05, 3.63) is 54.1 Å². The molecule has 0 atom stereocenters. The first-order valence-corrected chi connectivity index (χ1v) is 4.70. The highest BCUT2D eigenvalue weighted by Gasteiger charge is 2.29. The van der Waals surface area contributed by atoms with E-state index in [2.05, 4.69) is 6.58 Å². The fraction of sp³-hybridized carbons (Fsp3) is 0.0769. The molecule has 0 radical (unpaired) electrons. The Kier molecular flexibility index (Phi) is 2.34. The van der Waals surface area contributed by atoms with E-state index in [1.807, 2.05) is 12.1 Å². The molecule has 2 nitrogen and oxygen atoms in total. The molecule has 0 unspecified atom stereocenters. The molecule has 1 aliphatic carbocycles. The van der Waals surface area contributed by atoms with E-state index in [1.165, 1.54) is 12.2 Å². The molecule has 0 heterocycles. The van der Waals surface area contributed by atoms with Gasteiger partial charge >= 0.3 is 0 Å². The lowest BCUT2D eigenvalue weighted by Gasteiger charge is -2.06. The minimum atomic E-state index is -0.621. The molecule has 74 valence electrons. The van der Waals surface area contributed by atoms with Crippen LogP contribution in [0.3, 0.4) is 0 Å². The summed E-state index contributed by atoms with van der Waals surface area (Å²) in [5.41, 5.74) is 1.73. The van der Waals surface area contributed by atoms with E-state index in [1.54, 1.807) is 18.2 Å². The third kappa shape index (κ3) is 1.66. The molecular formula is C13H10O2. The Morgan fingerprint density at radius 3 is 2.00 bits per heavy atom. The maximum Gasteiger partial charge on any atom is 0.171 e. The fourth-order valence-electron chi connectivity index (χ4n) is 1.65. The van der Waals surface area contributed by atoms with Gasteiger partial charge in [0.15, 0.2) is 11.6 Å². The number of carbonyl (C=O) groups excluding carboxylic acids is 2. The standard InChI is InChI=1S/C13H10O2/c1-2-9-3-5-10(6-4-9)13-11(14)7-8-12(13)15/h2-8,13H,1H2. The predicted molar refractivity (Wildman–Crippen MR) is 58.4 cm³/mol. The van der Waals surface area contributed by atoms with Crippen molar-refractivity contribution in [1.29, 1.82) is 0 Å². The molecular weight excluding hydrogens is 188 g/mol. The van der Waals surface area contributed by atoms with Crippen LogP contribution in [0.15, 0.2) is 43.0 Å². The van der Waals surface area contributed by atoms with Crippen LogP contribution in [-0.2, 0) is 9.59 Å². The maximum absolute atomic E-state index is 11.4. The van der Waals surface area contributed by atoms with Gasteiger partial charge in [0, 0.05) is 0 Å². The van der Waals surface area contributed by atoms with Crippen LogP contribution in [0.4, 0.5) is 0 Å². The number of allylic oxidation sites excluding steroid dienone is 2. The number of carbonyl (C=O) groups is 2. The molecule has 0 amide bonds. The Bertz CT molecular complexity index is 434. The Labute approximate surface area is 87.9 Å². The van der Waals surface area contributed by atoms with Gasteiger partial charge in [0.25, 0.3) is 0 Å². The molecule has 2 heteroatoms. The van der Waals surface area contributed by atoms with Gasteiger partial charge in [-0.2, -0.15) is 0 Å². The van der Waals surface area contributed by atoms with Gasteiger partial charge < -0.3 is 0 Å². The normalized spacial score (nSPS) is 16.0. The smallest absolute Gasteiger partial charge is 0.171 e. The van der Waals surface area contributed by atoms with Gasteiger partial charge in [0.2, 0.25) is 0 Å². The first-order valence-electron chi connectivity index (χ1n) is 4.70. The largest absolute Gasteiger partial charge is 0.294 e. The van der Waals surface area contributed by atoms with Crippen LogP contribution < -0.4 is 0 Å². The molecule has 0 N–H and O–H groups in total. The lowest BCUT2D eigenvalue weighted by atomic mass is 9.94. The van der Waals surface area contributed by atoms with Crippen molar-refractivity contribution in [2.45, 2.75) is 5.92 Å². The van der Waals surface area contributed by atoms with E-state index in [9.17, 15) is 9.59 Å². The topological polar surface area (TPSA) is 34.1 Å². The summed E-state index contributed by atoms with van der Waals surface area (Å²) in [7, 11) is 0. The van der Waals surface area contributed by atoms with Gasteiger partial charge in [-0.15, -0.1) is 0 Å². The van der Waals surface area contributed by atoms with Crippen LogP contribution in [0.25, 0.3) is 6.08 Å². The van der Waals surface area contributed by atoms with Crippen LogP contribution in [0.5, 0.6) is 0 Å². The average molecular weight is 198 g/mol. The average Bonchev–Trinajstić information content (AvgIpc) is 2.59. The second-order valence-electron chi connectivity index (χ2n) is 3.44. The third-order valence-electron chi connectivity index (χ3n) is 2.49. The zero-order chi connectivity index (χ0) is 10.8. The van der Waals surface area contributed by atoms with E-state index in [0.29, 0.717) is 0 Å². The van der Waals surface area contributed by atoms with Crippen LogP contribution in [-0.4, -0.2) is 11.6 Å². The molecule has 0 bridgehead atoms. The minimum Gasteiger partial charge on any atom is -0.294 e. The molecule has 1 aliphatic rings. The first kappa shape index (κ1) is 9.59. The Balaban J connectivity index is 2.34. The van der Waals surface area contributed by atoms with Gasteiger partial charge in [0.05, 0.1) is 0 Å². The Hall–Kier alpha value is -1.96. The van der Waals surface area contributed by atoms with Crippen molar-refractivity contribution >= 4 is 17.6 Å². The van der Waals surface area contributed by atoms with Crippen molar-refractivity contribution < 1.29 is 9.59 Å². The fourth-order valence-corrected chi connectivity index (χ4v) is 1.65. The number of ketones is 2. The zero-order valence-corrected chi connectivity index (χ0v) is 8.14. The summed E-state index contributed by atoms with van der Waals surface area (Å²) in [6, 6.07) is 7.29. The second-order valence-corrected chi connectivity index (χ2v) is 3.44. The summed E-state index contributed by atoms with van der Waals surface area (Å²) in [6.45, 7) is 3.64. The van der Waals surface area contributed by atoms with Crippen molar-refractivity contribution in [2.75, 3.05) is 0 Å². The summed E-state index contributed by atoms with van der Waals surface area (Å²) in [6.07, 6.45) is 4.41. The number of hydrogen-bond donors (Lipinski definition) is 0. The molecule has 0 aromatic heterocycles. The molecule has 0 aliphatic heterocycles. The van der Waals surface area contributed by atoms with E-state index in [-0.39, 0.29) is 11.6 Å². The molecule has 1 aromatic carbocycles. The molecule has 1 aromatic rings. The molecule has 2 rings (SSSR count). The van der Waals surface area contributed by atoms with E-state index in [4.69, 9.17) is 0 Å². The number of hydrogen-bond acceptors (Lipinski definition) is 2. The first-order chi connectivity index (χ1) is 7.22. The lowest BCUT2D eigenvalue weighted by Crippen LogP contribution is -2.12. The van der Waals surface area contributed by atoms with Crippen molar-refractivity contribution in [1.82, 2.24) is 0 Å². The number of rotatable bonds is 2. The van der Waals surface area contributed by atoms with Gasteiger partial charge in [-0.1, -0.05) is 36.9 Å². The monoisotopic (exact) mass is 198 g/mol. The van der Waals surface area contributed by atoms with Crippen molar-refractivity contribution in [3.8, 4) is 0 Å². The lowest BCUT2D eigenvalue weighted by molar-refractivity contribution is -0.122. The van der Waals surface area contributed by atoms with Crippen LogP contribution in [0, 0.1) is 0 Å². The summed E-state index contributed by atoms with van der Waals surface area (Å²) >= 11 is 0. The minimum absolute atomic E-state index is 0.133. The number of benzene rings is 1. The van der Waals surface area contributed by atoms with E-state index < -0.39 is 5.92 Å². The van der Waals surface area contributed by atoms with Gasteiger partial charge in [0.1, 0.15) is 5.92 Å². The van der Waals surface area contributed by atoms with Gasteiger partial charge in [-0.25, -0.2) is 0 Å². The van der Waals surface area contributed by atoms with E-state index in [0.717, 1.165) is 11.1 Å². The second kappa shape index (κ2) is 3.65. The molecule has 0 saturated carbocycles. The highest BCUT2D eigenvalue weighted by atomic mass is 16.2. The van der Waals surface area contributed by atoms with Crippen LogP contribution in [0.2, 0.25) is 0 Å². The Morgan fingerprint density at radius 1 is 1.00 bits per heavy atom. The van der Waals surface area contributed by atoms with Crippen LogP contribution in [0.1, 0.15) is 17.0 Å². The van der Waals surface area contributed by atoms with Crippen molar-refractivity contribution in [3.63, 3.8) is 0 Å².